The van der Waals surface area contributed by atoms with Gasteiger partial charge in [0.2, 0.25) is 0 Å². The van der Waals surface area contributed by atoms with Gasteiger partial charge in [0.05, 0.1) is 6.07 Å². The van der Waals surface area contributed by atoms with Gasteiger partial charge in [-0.2, -0.15) is 5.26 Å². The van der Waals surface area contributed by atoms with Crippen LogP contribution < -0.4 is 0 Å². The van der Waals surface area contributed by atoms with E-state index in [1.165, 1.54) is 0 Å². The summed E-state index contributed by atoms with van der Waals surface area (Å²) in [5, 5.41) is 9.64. The molecule has 1 fully saturated rings. The number of nitriles is 1. The lowest BCUT2D eigenvalue weighted by atomic mass is 9.48. The first-order valence-corrected chi connectivity index (χ1v) is 7.04. The summed E-state index contributed by atoms with van der Waals surface area (Å²) in [6, 6.07) is 2.31. The first-order valence-electron chi connectivity index (χ1n) is 7.04. The standard InChI is InChI=1S/C17H27NO/c1-7-8-17(12-18,13-19)16(6)10-14(2,3)9-15(4,5)11-16/h7,13H,1,8-11H2,2-6H3. The Morgan fingerprint density at radius 1 is 1.16 bits per heavy atom. The second kappa shape index (κ2) is 4.78. The Morgan fingerprint density at radius 2 is 1.63 bits per heavy atom. The molecular weight excluding hydrogens is 234 g/mol. The van der Waals surface area contributed by atoms with Gasteiger partial charge in [-0.3, -0.25) is 0 Å². The SMILES string of the molecule is C=CCC(C#N)(C=O)C1(C)CC(C)(C)CC(C)(C)C1. The second-order valence-corrected chi connectivity index (χ2v) is 8.11. The van der Waals surface area contributed by atoms with Crippen molar-refractivity contribution in [1.29, 1.82) is 5.26 Å². The van der Waals surface area contributed by atoms with Crippen molar-refractivity contribution >= 4 is 6.29 Å². The van der Waals surface area contributed by atoms with E-state index in [0.29, 0.717) is 6.42 Å². The fraction of sp³-hybridized carbons (Fsp3) is 0.765. The summed E-state index contributed by atoms with van der Waals surface area (Å²) in [5.41, 5.74) is -0.918. The number of hydrogen-bond donors (Lipinski definition) is 0. The first-order chi connectivity index (χ1) is 8.55. The molecule has 1 atom stereocenters. The molecule has 106 valence electrons. The molecule has 0 aliphatic heterocycles. The van der Waals surface area contributed by atoms with E-state index in [9.17, 15) is 10.1 Å². The Hall–Kier alpha value is -1.10. The predicted octanol–water partition coefficient (Wildman–Crippen LogP) is 4.51. The molecule has 0 amide bonds. The summed E-state index contributed by atoms with van der Waals surface area (Å²) in [7, 11) is 0. The molecule has 0 spiro atoms. The Labute approximate surface area is 117 Å². The van der Waals surface area contributed by atoms with Gasteiger partial charge in [0.15, 0.2) is 0 Å². The van der Waals surface area contributed by atoms with Crippen LogP contribution >= 0.6 is 0 Å². The van der Waals surface area contributed by atoms with Crippen molar-refractivity contribution < 1.29 is 4.79 Å². The highest BCUT2D eigenvalue weighted by Gasteiger charge is 2.55. The Morgan fingerprint density at radius 3 is 1.95 bits per heavy atom. The molecule has 19 heavy (non-hydrogen) atoms. The van der Waals surface area contributed by atoms with E-state index in [4.69, 9.17) is 0 Å². The number of hydrogen-bond acceptors (Lipinski definition) is 2. The van der Waals surface area contributed by atoms with Crippen LogP contribution in [0.15, 0.2) is 12.7 Å². The normalized spacial score (nSPS) is 26.7. The Bertz CT molecular complexity index is 397. The highest BCUT2D eigenvalue weighted by molar-refractivity contribution is 5.66. The minimum atomic E-state index is -0.941. The van der Waals surface area contributed by atoms with E-state index >= 15 is 0 Å². The van der Waals surface area contributed by atoms with Crippen molar-refractivity contribution in [3.8, 4) is 6.07 Å². The molecule has 1 unspecified atom stereocenters. The molecule has 0 aromatic rings. The quantitative estimate of drug-likeness (QED) is 0.551. The zero-order valence-corrected chi connectivity index (χ0v) is 13.0. The van der Waals surface area contributed by atoms with Crippen molar-refractivity contribution in [1.82, 2.24) is 0 Å². The van der Waals surface area contributed by atoms with Gasteiger partial charge in [-0.1, -0.05) is 40.7 Å². The third-order valence-corrected chi connectivity index (χ3v) is 4.64. The molecular formula is C17H27NO. The minimum absolute atomic E-state index is 0.156. The van der Waals surface area contributed by atoms with E-state index in [0.717, 1.165) is 25.5 Å². The lowest BCUT2D eigenvalue weighted by Gasteiger charge is -2.55. The number of aldehydes is 1. The van der Waals surface area contributed by atoms with Crippen LogP contribution in [0.4, 0.5) is 0 Å². The fourth-order valence-electron chi connectivity index (χ4n) is 4.78. The molecule has 0 radical (unpaired) electrons. The van der Waals surface area contributed by atoms with Crippen LogP contribution in [-0.4, -0.2) is 6.29 Å². The fourth-order valence-corrected chi connectivity index (χ4v) is 4.78. The lowest BCUT2D eigenvalue weighted by Crippen LogP contribution is -2.50. The van der Waals surface area contributed by atoms with Crippen molar-refractivity contribution in [2.24, 2.45) is 21.7 Å². The van der Waals surface area contributed by atoms with E-state index in [2.05, 4.69) is 47.3 Å². The van der Waals surface area contributed by atoms with Gasteiger partial charge in [-0.15, -0.1) is 6.58 Å². The average molecular weight is 261 g/mol. The molecule has 1 aliphatic carbocycles. The number of allylic oxidation sites excluding steroid dienone is 1. The molecule has 1 saturated carbocycles. The van der Waals surface area contributed by atoms with Gasteiger partial charge >= 0.3 is 0 Å². The number of nitrogens with zero attached hydrogens (tertiary/aromatic N) is 1. The van der Waals surface area contributed by atoms with E-state index in [1.807, 2.05) is 0 Å². The number of rotatable bonds is 4. The topological polar surface area (TPSA) is 40.9 Å². The van der Waals surface area contributed by atoms with E-state index in [-0.39, 0.29) is 16.2 Å². The third-order valence-electron chi connectivity index (χ3n) is 4.64. The Kier molecular flexibility index (Phi) is 4.01. The van der Waals surface area contributed by atoms with Crippen LogP contribution in [0.1, 0.15) is 60.3 Å². The molecule has 0 heterocycles. The summed E-state index contributed by atoms with van der Waals surface area (Å²) in [4.78, 5) is 11.7. The maximum atomic E-state index is 11.7. The average Bonchev–Trinajstić information content (AvgIpc) is 2.20. The smallest absolute Gasteiger partial charge is 0.141 e. The molecule has 1 aliphatic rings. The summed E-state index contributed by atoms with van der Waals surface area (Å²) >= 11 is 0. The lowest BCUT2D eigenvalue weighted by molar-refractivity contribution is -0.126. The summed E-state index contributed by atoms with van der Waals surface area (Å²) in [6.07, 6.45) is 5.95. The van der Waals surface area contributed by atoms with Gasteiger partial charge in [0.25, 0.3) is 0 Å². The highest BCUT2D eigenvalue weighted by Crippen LogP contribution is 2.60. The van der Waals surface area contributed by atoms with Gasteiger partial charge in [-0.25, -0.2) is 0 Å². The monoisotopic (exact) mass is 261 g/mol. The van der Waals surface area contributed by atoms with Crippen LogP contribution in [0, 0.1) is 33.0 Å². The maximum Gasteiger partial charge on any atom is 0.141 e. The summed E-state index contributed by atoms with van der Waals surface area (Å²) < 4.78 is 0. The van der Waals surface area contributed by atoms with Crippen molar-refractivity contribution in [2.45, 2.75) is 60.3 Å². The zero-order chi connectivity index (χ0) is 14.9. The second-order valence-electron chi connectivity index (χ2n) is 8.11. The van der Waals surface area contributed by atoms with Crippen LogP contribution in [0.5, 0.6) is 0 Å². The Balaban J connectivity index is 3.31. The van der Waals surface area contributed by atoms with Gasteiger partial charge in [-0.05, 0) is 41.9 Å². The number of carbonyl (C=O) groups is 1. The van der Waals surface area contributed by atoms with E-state index in [1.54, 1.807) is 6.08 Å². The molecule has 0 saturated heterocycles. The van der Waals surface area contributed by atoms with Crippen molar-refractivity contribution in [2.75, 3.05) is 0 Å². The van der Waals surface area contributed by atoms with Crippen LogP contribution in [-0.2, 0) is 4.79 Å². The molecule has 0 aromatic heterocycles. The third kappa shape index (κ3) is 2.91. The molecule has 0 N–H and O–H groups in total. The van der Waals surface area contributed by atoms with Gasteiger partial charge in [0.1, 0.15) is 11.7 Å². The zero-order valence-electron chi connectivity index (χ0n) is 13.0. The largest absolute Gasteiger partial charge is 0.302 e. The van der Waals surface area contributed by atoms with Crippen LogP contribution in [0.3, 0.4) is 0 Å². The summed E-state index contributed by atoms with van der Waals surface area (Å²) in [6.45, 7) is 14.8. The van der Waals surface area contributed by atoms with Gasteiger partial charge < -0.3 is 4.79 Å². The summed E-state index contributed by atoms with van der Waals surface area (Å²) in [5.74, 6) is 0. The highest BCUT2D eigenvalue weighted by atomic mass is 16.1. The molecule has 0 bridgehead atoms. The molecule has 2 heteroatoms. The van der Waals surface area contributed by atoms with Gasteiger partial charge in [0, 0.05) is 0 Å². The minimum Gasteiger partial charge on any atom is -0.302 e. The molecule has 2 nitrogen and oxygen atoms in total. The van der Waals surface area contributed by atoms with E-state index < -0.39 is 5.41 Å². The first kappa shape index (κ1) is 16.0. The predicted molar refractivity (Wildman–Crippen MR) is 78.4 cm³/mol. The molecule has 0 aromatic carbocycles. The van der Waals surface area contributed by atoms with Crippen LogP contribution in [0.25, 0.3) is 0 Å². The maximum absolute atomic E-state index is 11.7. The number of carbonyl (C=O) groups excluding carboxylic acids is 1. The van der Waals surface area contributed by atoms with Crippen molar-refractivity contribution in [3.63, 3.8) is 0 Å². The molecule has 1 rings (SSSR count). The van der Waals surface area contributed by atoms with Crippen LogP contribution in [0.2, 0.25) is 0 Å². The van der Waals surface area contributed by atoms with Crippen molar-refractivity contribution in [3.05, 3.63) is 12.7 Å².